The van der Waals surface area contributed by atoms with Crippen LogP contribution in [0, 0.1) is 22.7 Å². The molecule has 1 unspecified atom stereocenters. The first-order valence-corrected chi connectivity index (χ1v) is 34.2. The number of carbonyl (C=O) groups is 8. The van der Waals surface area contributed by atoms with Gasteiger partial charge in [0.2, 0.25) is 11.8 Å². The summed E-state index contributed by atoms with van der Waals surface area (Å²) >= 11 is 23.8. The van der Waals surface area contributed by atoms with Crippen LogP contribution in [0.5, 0.6) is 0 Å². The first-order chi connectivity index (χ1) is 49.6. The number of aromatic nitrogens is 6. The largest absolute Gasteiger partial charge is 0.381 e. The van der Waals surface area contributed by atoms with Crippen LogP contribution in [0.25, 0.3) is 33.1 Å². The number of para-hydroxylation sites is 6. The van der Waals surface area contributed by atoms with Crippen LogP contribution in [0.3, 0.4) is 0 Å². The summed E-state index contributed by atoms with van der Waals surface area (Å²) in [6, 6.07) is 52.0. The molecule has 0 saturated carbocycles. The molecule has 0 bridgehead atoms. The van der Waals surface area contributed by atoms with Gasteiger partial charge >= 0.3 is 5.97 Å². The number of halogens is 4. The molecule has 4 fully saturated rings. The molecular weight excluding hydrogens is 1400 g/mol. The summed E-state index contributed by atoms with van der Waals surface area (Å²) in [7, 11) is 0. The summed E-state index contributed by atoms with van der Waals surface area (Å²) in [5.74, 6) is -4.06. The average molecular weight is 1480 g/mol. The summed E-state index contributed by atoms with van der Waals surface area (Å²) in [5, 5.41) is 26.1. The minimum atomic E-state index is -1.16. The maximum Gasteiger partial charge on any atom is 0.339 e. The number of carbonyl (C=O) groups excluding carboxylic acids is 8. The second-order valence-corrected chi connectivity index (χ2v) is 25.1. The molecule has 9 aromatic rings. The summed E-state index contributed by atoms with van der Waals surface area (Å²) in [4.78, 5) is 136. The highest BCUT2D eigenvalue weighted by atomic mass is 35.5. The summed E-state index contributed by atoms with van der Waals surface area (Å²) < 4.78 is 4.94. The number of Topliss-reactive ketones (excluding diaryl/α,β-unsaturated/α-hetero) is 1. The van der Waals surface area contributed by atoms with E-state index >= 15 is 0 Å². The number of benzene rings is 6. The van der Waals surface area contributed by atoms with Crippen molar-refractivity contribution < 1.29 is 53.2 Å². The van der Waals surface area contributed by atoms with Gasteiger partial charge in [0.15, 0.2) is 32.2 Å². The highest BCUT2D eigenvalue weighted by Gasteiger charge is 2.38. The van der Waals surface area contributed by atoms with Gasteiger partial charge in [0, 0.05) is 114 Å². The minimum absolute atomic E-state index is 0.00941. The average Bonchev–Trinajstić information content (AvgIpc) is 1.11. The topological polar surface area (TPSA) is 320 Å². The molecule has 103 heavy (non-hydrogen) atoms. The van der Waals surface area contributed by atoms with Crippen molar-refractivity contribution in [1.82, 2.24) is 59.3 Å². The van der Waals surface area contributed by atoms with Crippen LogP contribution in [0.4, 0.5) is 0 Å². The van der Waals surface area contributed by atoms with E-state index in [9.17, 15) is 43.6 Å². The number of amides is 6. The second kappa shape index (κ2) is 38.4. The molecule has 6 aromatic carbocycles. The number of rotatable bonds is 8. The molecule has 3 aromatic heterocycles. The van der Waals surface area contributed by atoms with Crippen molar-refractivity contribution in [3.05, 3.63) is 212 Å². The van der Waals surface area contributed by atoms with Gasteiger partial charge in [-0.05, 0) is 106 Å². The van der Waals surface area contributed by atoms with Crippen LogP contribution < -0.4 is 0 Å². The molecule has 532 valence electrons. The van der Waals surface area contributed by atoms with Gasteiger partial charge in [-0.3, -0.25) is 33.6 Å². The lowest BCUT2D eigenvalue weighted by molar-refractivity contribution is -0.231. The van der Waals surface area contributed by atoms with Crippen LogP contribution in [0.15, 0.2) is 164 Å². The molecule has 1 N–H and O–H groups in total. The van der Waals surface area contributed by atoms with Crippen LogP contribution >= 0.6 is 46.4 Å². The van der Waals surface area contributed by atoms with Crippen molar-refractivity contribution >= 4 is 127 Å². The molecular formula is C74H72Cl4N14O11. The standard InChI is InChI=1S/C23H20ClN5O2.C22H19ClN4O3.C15H17N3O2.C8H4Cl2N2.C4H8O.C2H4O3/c1-15-14-28(22(30)16-7-3-2-4-8-16)11-12-29(15)23(31)17(13-25)20-21(24)27-19-10-6-5-9-18(19)26-20;1-14-13-26(21(29)15-7-3-2-4-8-15)11-12-27(14)22(30)19(28)18-20(23)25-17-10-6-5-9-16(17)24-18;1-12-11-17(9-10-18(12)14(19)7-8-16)15(20)13-5-3-2-4-6-13;9-7-8(10)12-6-4-2-1-3-5(6)11-7;1-2-4-5-3-1;1-2(3)5-4/h2-10,15,17H,11-12,14H2,1H3;2-10,14H,11-13H2,1H3;2-6,12H,7,9-11H2,1H3;1-4H;1-4H2;4H,1H3/t15-,17?;14-;12-;;;/m111.../s1. The summed E-state index contributed by atoms with van der Waals surface area (Å²) in [5.41, 5.74) is 5.59. The Bertz CT molecular complexity index is 4530. The van der Waals surface area contributed by atoms with Crippen molar-refractivity contribution in [2.75, 3.05) is 72.1 Å². The Morgan fingerprint density at radius 3 is 1.17 bits per heavy atom. The number of ether oxygens (including phenoxy) is 1. The molecule has 7 heterocycles. The fourth-order valence-corrected chi connectivity index (χ4v) is 12.0. The number of nitriles is 2. The lowest BCUT2D eigenvalue weighted by Crippen LogP contribution is -2.56. The van der Waals surface area contributed by atoms with E-state index < -0.39 is 23.6 Å². The maximum absolute atomic E-state index is 13.2. The van der Waals surface area contributed by atoms with E-state index in [1.54, 1.807) is 97.3 Å². The quantitative estimate of drug-likeness (QED) is 0.0639. The SMILES string of the molecule is C1CCOC1.CC(=O)OO.C[C@@H]1CN(C(=O)c2ccccc2)CCN1C(=O)C(=O)c1nc2ccccc2nc1Cl.C[C@@H]1CN(C(=O)c2ccccc2)CCN1C(=O)C(C#N)c1nc2ccccc2nc1Cl.C[C@@H]1CN(C(=O)c2ccccc2)CCN1C(=O)CC#N.Clc1nc2ccccc2nc1Cl. The fourth-order valence-electron chi connectivity index (χ4n) is 11.3. The van der Waals surface area contributed by atoms with Crippen LogP contribution in [0.1, 0.15) is 100 Å². The minimum Gasteiger partial charge on any atom is -0.381 e. The van der Waals surface area contributed by atoms with Crippen LogP contribution in [0.2, 0.25) is 20.6 Å². The monoisotopic (exact) mass is 1470 g/mol. The van der Waals surface area contributed by atoms with Gasteiger partial charge in [-0.15, -0.1) is 0 Å². The van der Waals surface area contributed by atoms with Gasteiger partial charge in [-0.1, -0.05) is 137 Å². The van der Waals surface area contributed by atoms with Crippen molar-refractivity contribution in [2.45, 2.75) is 71.0 Å². The fraction of sp³-hybridized carbons (Fsp3) is 0.297. The predicted molar refractivity (Wildman–Crippen MR) is 387 cm³/mol. The van der Waals surface area contributed by atoms with E-state index in [-0.39, 0.29) is 92.6 Å². The zero-order valence-corrected chi connectivity index (χ0v) is 59.6. The van der Waals surface area contributed by atoms with Crippen molar-refractivity contribution in [2.24, 2.45) is 0 Å². The normalized spacial score (nSPS) is 16.3. The molecule has 0 aliphatic carbocycles. The highest BCUT2D eigenvalue weighted by molar-refractivity contribution is 6.46. The molecule has 6 amide bonds. The first kappa shape index (κ1) is 78.1. The molecule has 25 nitrogen and oxygen atoms in total. The Hall–Kier alpha value is -10.6. The third kappa shape index (κ3) is 21.2. The molecule has 4 saturated heterocycles. The van der Waals surface area contributed by atoms with Gasteiger partial charge in [-0.25, -0.2) is 34.7 Å². The van der Waals surface area contributed by atoms with Crippen LogP contribution in [-0.4, -0.2) is 202 Å². The number of nitrogens with zero attached hydrogens (tertiary/aromatic N) is 14. The van der Waals surface area contributed by atoms with E-state index in [4.69, 9.17) is 61.7 Å². The first-order valence-electron chi connectivity index (χ1n) is 32.7. The smallest absolute Gasteiger partial charge is 0.339 e. The number of hydrogen-bond acceptors (Lipinski definition) is 19. The Kier molecular flexibility index (Phi) is 29.1. The van der Waals surface area contributed by atoms with Crippen LogP contribution in [-0.2, 0) is 28.8 Å². The van der Waals surface area contributed by atoms with E-state index in [1.807, 2.05) is 124 Å². The van der Waals surface area contributed by atoms with E-state index in [0.29, 0.717) is 91.1 Å². The lowest BCUT2D eigenvalue weighted by Gasteiger charge is -2.40. The number of ketones is 1. The molecule has 4 aliphatic heterocycles. The molecule has 0 spiro atoms. The molecule has 0 radical (unpaired) electrons. The van der Waals surface area contributed by atoms with Gasteiger partial charge in [-0.2, -0.15) is 15.8 Å². The molecule has 29 heteroatoms. The van der Waals surface area contributed by atoms with E-state index in [0.717, 1.165) is 31.2 Å². The molecule has 13 rings (SSSR count). The Morgan fingerprint density at radius 1 is 0.485 bits per heavy atom. The third-order valence-corrected chi connectivity index (χ3v) is 17.7. The zero-order chi connectivity index (χ0) is 74.1. The molecule has 4 atom stereocenters. The molecule has 4 aliphatic rings. The number of piperazine rings is 3. The van der Waals surface area contributed by atoms with Crippen molar-refractivity contribution in [3.63, 3.8) is 0 Å². The van der Waals surface area contributed by atoms with Gasteiger partial charge < -0.3 is 39.0 Å². The second-order valence-electron chi connectivity index (χ2n) is 23.7. The highest BCUT2D eigenvalue weighted by Crippen LogP contribution is 2.28. The number of hydrogen-bond donors (Lipinski definition) is 1. The Labute approximate surface area is 614 Å². The summed E-state index contributed by atoms with van der Waals surface area (Å²) in [6.07, 6.45) is 2.46. The van der Waals surface area contributed by atoms with E-state index in [1.165, 1.54) is 17.7 Å². The third-order valence-electron chi connectivity index (χ3n) is 16.5. The maximum atomic E-state index is 13.2. The Morgan fingerprint density at radius 2 is 0.825 bits per heavy atom. The van der Waals surface area contributed by atoms with Gasteiger partial charge in [0.1, 0.15) is 12.1 Å². The summed E-state index contributed by atoms with van der Waals surface area (Å²) in [6.45, 7) is 12.2. The van der Waals surface area contributed by atoms with Gasteiger partial charge in [0.25, 0.3) is 29.4 Å². The van der Waals surface area contributed by atoms with E-state index in [2.05, 4.69) is 34.8 Å². The van der Waals surface area contributed by atoms with Crippen molar-refractivity contribution in [3.8, 4) is 12.1 Å². The predicted octanol–water partition coefficient (Wildman–Crippen LogP) is 11.1. The number of fused-ring (bicyclic) bond motifs is 3. The lowest BCUT2D eigenvalue weighted by atomic mass is 10.0. The zero-order valence-electron chi connectivity index (χ0n) is 56.6. The Balaban J connectivity index is 0.000000173. The van der Waals surface area contributed by atoms with Gasteiger partial charge in [0.05, 0.1) is 45.2 Å². The van der Waals surface area contributed by atoms with Crippen molar-refractivity contribution in [1.29, 1.82) is 10.5 Å².